The van der Waals surface area contributed by atoms with Gasteiger partial charge < -0.3 is 15.0 Å². The number of aromatic nitrogens is 6. The van der Waals surface area contributed by atoms with Gasteiger partial charge in [0, 0.05) is 54.8 Å². The van der Waals surface area contributed by atoms with E-state index in [-0.39, 0.29) is 17.9 Å². The van der Waals surface area contributed by atoms with Crippen LogP contribution in [0.15, 0.2) is 67.4 Å². The zero-order valence-corrected chi connectivity index (χ0v) is 24.3. The fourth-order valence-electron chi connectivity index (χ4n) is 5.60. The molecule has 4 aromatic heterocycles. The third-order valence-electron chi connectivity index (χ3n) is 7.88. The number of methoxy groups -OCH3 is 1. The summed E-state index contributed by atoms with van der Waals surface area (Å²) in [5.74, 6) is 2.28. The molecule has 0 aliphatic carbocycles. The minimum absolute atomic E-state index is 0.0196. The van der Waals surface area contributed by atoms with Crippen molar-refractivity contribution in [3.05, 3.63) is 84.3 Å². The van der Waals surface area contributed by atoms with Gasteiger partial charge in [-0.2, -0.15) is 5.10 Å². The van der Waals surface area contributed by atoms with Gasteiger partial charge in [-0.05, 0) is 56.0 Å². The monoisotopic (exact) mass is 562 g/mol. The molecule has 214 valence electrons. The highest BCUT2D eigenvalue weighted by Gasteiger charge is 2.30. The Labute approximate surface area is 244 Å². The highest BCUT2D eigenvalue weighted by Crippen LogP contribution is 2.33. The maximum absolute atomic E-state index is 12.4. The second-order valence-electron chi connectivity index (χ2n) is 10.9. The minimum atomic E-state index is 0.0196. The number of amides is 1. The third kappa shape index (κ3) is 5.65. The Kier molecular flexibility index (Phi) is 7.52. The standard InChI is InChI=1S/C32H34N8O2/c1-20-11-25(14-33-13-20)36-31-12-29(37-32(38-31)24-8-5-21(2)39(19-24)22(3)41)27-15-34-17-30-28(27)16-35-40(30)18-23-6-9-26(42-4)10-7-23/h6-7,9-17,21,24H,5,8,18-19H2,1-4H3,(H,36,37,38). The first-order chi connectivity index (χ1) is 20.4. The zero-order chi connectivity index (χ0) is 29.2. The number of piperidine rings is 1. The largest absolute Gasteiger partial charge is 0.497 e. The fourth-order valence-corrected chi connectivity index (χ4v) is 5.60. The lowest BCUT2D eigenvalue weighted by Gasteiger charge is -2.37. The van der Waals surface area contributed by atoms with Crippen LogP contribution < -0.4 is 10.1 Å². The summed E-state index contributed by atoms with van der Waals surface area (Å²) in [5.41, 5.74) is 5.53. The number of nitrogens with zero attached hydrogens (tertiary/aromatic N) is 7. The van der Waals surface area contributed by atoms with E-state index in [1.54, 1.807) is 20.2 Å². The highest BCUT2D eigenvalue weighted by atomic mass is 16.5. The summed E-state index contributed by atoms with van der Waals surface area (Å²) in [6.45, 7) is 6.92. The number of hydrogen-bond acceptors (Lipinski definition) is 8. The third-order valence-corrected chi connectivity index (χ3v) is 7.88. The van der Waals surface area contributed by atoms with Crippen molar-refractivity contribution >= 4 is 28.3 Å². The summed E-state index contributed by atoms with van der Waals surface area (Å²) in [6.07, 6.45) is 10.9. The van der Waals surface area contributed by atoms with E-state index in [4.69, 9.17) is 19.8 Å². The maximum atomic E-state index is 12.4. The van der Waals surface area contributed by atoms with Gasteiger partial charge in [-0.1, -0.05) is 12.1 Å². The van der Waals surface area contributed by atoms with E-state index in [1.807, 2.05) is 77.7 Å². The summed E-state index contributed by atoms with van der Waals surface area (Å²) in [5, 5.41) is 9.08. The second kappa shape index (κ2) is 11.6. The Hall–Kier alpha value is -4.86. The van der Waals surface area contributed by atoms with Crippen molar-refractivity contribution in [2.24, 2.45) is 0 Å². The van der Waals surface area contributed by atoms with Gasteiger partial charge in [-0.25, -0.2) is 9.97 Å². The molecule has 0 bridgehead atoms. The molecule has 0 spiro atoms. The molecule has 10 nitrogen and oxygen atoms in total. The van der Waals surface area contributed by atoms with Crippen LogP contribution in [0.4, 0.5) is 11.5 Å². The zero-order valence-electron chi connectivity index (χ0n) is 24.3. The van der Waals surface area contributed by atoms with E-state index in [0.29, 0.717) is 24.7 Å². The van der Waals surface area contributed by atoms with Crippen molar-refractivity contribution in [2.45, 2.75) is 52.1 Å². The lowest BCUT2D eigenvalue weighted by atomic mass is 9.92. The molecule has 10 heteroatoms. The van der Waals surface area contributed by atoms with Crippen LogP contribution in [0.3, 0.4) is 0 Å². The van der Waals surface area contributed by atoms with Gasteiger partial charge in [0.25, 0.3) is 0 Å². The van der Waals surface area contributed by atoms with Crippen LogP contribution in [0.2, 0.25) is 0 Å². The first kappa shape index (κ1) is 27.3. The summed E-state index contributed by atoms with van der Waals surface area (Å²) in [7, 11) is 1.66. The van der Waals surface area contributed by atoms with E-state index in [1.165, 1.54) is 0 Å². The minimum Gasteiger partial charge on any atom is -0.497 e. The van der Waals surface area contributed by atoms with E-state index in [2.05, 4.69) is 22.2 Å². The van der Waals surface area contributed by atoms with E-state index in [0.717, 1.165) is 57.6 Å². The number of carbonyl (C=O) groups is 1. The fraction of sp³-hybridized carbons (Fsp3) is 0.312. The normalized spacial score (nSPS) is 16.9. The summed E-state index contributed by atoms with van der Waals surface area (Å²) < 4.78 is 7.24. The number of aryl methyl sites for hydroxylation is 1. The van der Waals surface area contributed by atoms with Gasteiger partial charge in [0.2, 0.25) is 5.91 Å². The Morgan fingerprint density at radius 3 is 2.60 bits per heavy atom. The smallest absolute Gasteiger partial charge is 0.219 e. The lowest BCUT2D eigenvalue weighted by molar-refractivity contribution is -0.132. The molecule has 1 fully saturated rings. The van der Waals surface area contributed by atoms with E-state index >= 15 is 0 Å². The molecular weight excluding hydrogens is 528 g/mol. The molecule has 0 saturated carbocycles. The molecular formula is C32H34N8O2. The molecule has 0 radical (unpaired) electrons. The second-order valence-corrected chi connectivity index (χ2v) is 10.9. The average Bonchev–Trinajstić information content (AvgIpc) is 3.40. The number of benzene rings is 1. The number of anilines is 2. The molecule has 5 aromatic rings. The number of nitrogens with one attached hydrogen (secondary N) is 1. The molecule has 1 aromatic carbocycles. The first-order valence-corrected chi connectivity index (χ1v) is 14.2. The molecule has 6 rings (SSSR count). The topological polar surface area (TPSA) is 111 Å². The van der Waals surface area contributed by atoms with Gasteiger partial charge in [0.05, 0.1) is 49.1 Å². The Morgan fingerprint density at radius 1 is 1.02 bits per heavy atom. The number of rotatable bonds is 7. The number of carbonyl (C=O) groups excluding carboxylic acids is 1. The maximum Gasteiger partial charge on any atom is 0.219 e. The number of fused-ring (bicyclic) bond motifs is 1. The first-order valence-electron chi connectivity index (χ1n) is 14.2. The van der Waals surface area contributed by atoms with E-state index in [9.17, 15) is 4.79 Å². The average molecular weight is 563 g/mol. The summed E-state index contributed by atoms with van der Waals surface area (Å²) in [6, 6.07) is 12.1. The molecule has 1 saturated heterocycles. The Bertz CT molecular complexity index is 1730. The van der Waals surface area contributed by atoms with Crippen LogP contribution in [-0.4, -0.2) is 60.2 Å². The summed E-state index contributed by atoms with van der Waals surface area (Å²) in [4.78, 5) is 33.2. The quantitative estimate of drug-likeness (QED) is 0.277. The van der Waals surface area contributed by atoms with Crippen molar-refractivity contribution < 1.29 is 9.53 Å². The van der Waals surface area contributed by atoms with Gasteiger partial charge in [0.15, 0.2) is 0 Å². The van der Waals surface area contributed by atoms with Gasteiger partial charge in [0.1, 0.15) is 17.4 Å². The Morgan fingerprint density at radius 2 is 1.83 bits per heavy atom. The van der Waals surface area contributed by atoms with Crippen molar-refractivity contribution in [2.75, 3.05) is 19.0 Å². The predicted octanol–water partition coefficient (Wildman–Crippen LogP) is 5.51. The lowest BCUT2D eigenvalue weighted by Crippen LogP contribution is -2.44. The van der Waals surface area contributed by atoms with Crippen LogP contribution in [0.1, 0.15) is 49.6 Å². The van der Waals surface area contributed by atoms with Crippen molar-refractivity contribution in [1.29, 1.82) is 0 Å². The Balaban J connectivity index is 1.40. The van der Waals surface area contributed by atoms with Crippen molar-refractivity contribution in [3.8, 4) is 17.0 Å². The molecule has 5 heterocycles. The highest BCUT2D eigenvalue weighted by molar-refractivity contribution is 5.93. The van der Waals surface area contributed by atoms with Crippen LogP contribution in [0.5, 0.6) is 5.75 Å². The van der Waals surface area contributed by atoms with Crippen molar-refractivity contribution in [3.63, 3.8) is 0 Å². The summed E-state index contributed by atoms with van der Waals surface area (Å²) >= 11 is 0. The van der Waals surface area contributed by atoms with Crippen LogP contribution in [-0.2, 0) is 11.3 Å². The molecule has 42 heavy (non-hydrogen) atoms. The van der Waals surface area contributed by atoms with Crippen molar-refractivity contribution in [1.82, 2.24) is 34.6 Å². The van der Waals surface area contributed by atoms with Crippen LogP contribution in [0, 0.1) is 6.92 Å². The molecule has 2 atom stereocenters. The number of likely N-dealkylation sites (tertiary alicyclic amines) is 1. The molecule has 2 unspecified atom stereocenters. The van der Waals surface area contributed by atoms with E-state index < -0.39 is 0 Å². The molecule has 1 aliphatic rings. The van der Waals surface area contributed by atoms with Gasteiger partial charge in [-0.15, -0.1) is 0 Å². The number of pyridine rings is 2. The molecule has 1 aliphatic heterocycles. The number of ether oxygens (including phenoxy) is 1. The SMILES string of the molecule is COc1ccc(Cn2ncc3c(-c4cc(Nc5cncc(C)c5)nc(C5CCC(C)N(C(C)=O)C5)n4)cncc32)cc1. The molecule has 1 N–H and O–H groups in total. The molecule has 1 amide bonds. The number of hydrogen-bond donors (Lipinski definition) is 1. The van der Waals surface area contributed by atoms with Gasteiger partial charge >= 0.3 is 0 Å². The van der Waals surface area contributed by atoms with Gasteiger partial charge in [-0.3, -0.25) is 19.4 Å². The van der Waals surface area contributed by atoms with Crippen LogP contribution >= 0.6 is 0 Å². The predicted molar refractivity (Wildman–Crippen MR) is 162 cm³/mol. The van der Waals surface area contributed by atoms with Crippen LogP contribution in [0.25, 0.3) is 22.2 Å².